The molecule has 12 aromatic rings. The molecule has 0 amide bonds. The second-order valence-electron chi connectivity index (χ2n) is 25.0. The summed E-state index contributed by atoms with van der Waals surface area (Å²) in [4.78, 5) is 2.39. The highest BCUT2D eigenvalue weighted by Crippen LogP contribution is 2.54. The van der Waals surface area contributed by atoms with Crippen molar-refractivity contribution >= 4 is 40.0 Å². The lowest BCUT2D eigenvalue weighted by molar-refractivity contribution is 0.420. The first-order chi connectivity index (χ1) is 44.0. The highest BCUT2D eigenvalue weighted by atomic mass is 35.5. The topological polar surface area (TPSA) is 15.3 Å². The van der Waals surface area contributed by atoms with Crippen LogP contribution in [0.2, 0.25) is 5.02 Å². The summed E-state index contributed by atoms with van der Waals surface area (Å²) in [5.74, 6) is 5.43. The van der Waals surface area contributed by atoms with Crippen molar-refractivity contribution in [2.75, 3.05) is 10.2 Å². The van der Waals surface area contributed by atoms with E-state index in [0.717, 1.165) is 63.3 Å². The summed E-state index contributed by atoms with van der Waals surface area (Å²) >= 11 is 5.90. The molecule has 16 rings (SSSR count). The molecule has 2 nitrogen and oxygen atoms in total. The monoisotopic (exact) mass is 1170 g/mol. The molecule has 3 heteroatoms. The lowest BCUT2D eigenvalue weighted by Crippen LogP contribution is -2.11. The summed E-state index contributed by atoms with van der Waals surface area (Å²) < 4.78 is 0. The number of rotatable bonds is 13. The van der Waals surface area contributed by atoms with E-state index in [9.17, 15) is 0 Å². The summed E-state index contributed by atoms with van der Waals surface area (Å²) in [5, 5.41) is 4.35. The van der Waals surface area contributed by atoms with E-state index in [0.29, 0.717) is 0 Å². The predicted molar refractivity (Wildman–Crippen MR) is 378 cm³/mol. The van der Waals surface area contributed by atoms with Gasteiger partial charge in [0.2, 0.25) is 0 Å². The van der Waals surface area contributed by atoms with Crippen LogP contribution in [0.15, 0.2) is 315 Å². The maximum Gasteiger partial charge on any atom is 0.0462 e. The molecule has 4 saturated carbocycles. The van der Waals surface area contributed by atoms with Gasteiger partial charge in [-0.2, -0.15) is 0 Å². The second kappa shape index (κ2) is 26.9. The third-order valence-electron chi connectivity index (χ3n) is 19.5. The molecule has 0 radical (unpaired) electrons. The molecule has 4 fully saturated rings. The Labute approximate surface area is 532 Å². The van der Waals surface area contributed by atoms with Crippen molar-refractivity contribution in [3.8, 4) is 66.8 Å². The third kappa shape index (κ3) is 13.5. The van der Waals surface area contributed by atoms with E-state index in [4.69, 9.17) is 11.6 Å². The van der Waals surface area contributed by atoms with Crippen molar-refractivity contribution in [2.24, 2.45) is 23.7 Å². The van der Waals surface area contributed by atoms with Crippen LogP contribution in [0.4, 0.5) is 28.4 Å². The van der Waals surface area contributed by atoms with Crippen LogP contribution >= 0.6 is 11.6 Å². The Morgan fingerprint density at radius 1 is 0.247 bits per heavy atom. The number of nitrogens with zero attached hydrogens (tertiary/aromatic N) is 1. The fraction of sp³-hybridized carbons (Fsp3) is 0.163. The molecule has 4 aliphatic carbocycles. The van der Waals surface area contributed by atoms with Crippen molar-refractivity contribution in [3.05, 3.63) is 332 Å². The largest absolute Gasteiger partial charge is 0.356 e. The van der Waals surface area contributed by atoms with Crippen molar-refractivity contribution in [1.82, 2.24) is 0 Å². The average Bonchev–Trinajstić information content (AvgIpc) is 3.90. The standard InChI is InChI=1S/C43H37N.C30H23N.C13H15Cl/c1-3-7-32(8-4-1)34-13-15-35(16-14-34)37-19-25-41(26-20-37)44(40-23-17-36(18-24-40)33-9-5-2-6-10-33)42-27-21-38(22-28-42)43-30-31-11-12-39(43)29-31;1-3-7-23(8-4-1)25-11-13-26(14-12-25)28-17-21-30(22-18-28)31-29-19-15-27(16-20-29)24-9-5-2-6-10-24;14-12-5-3-10(4-6-12)13-8-9-1-2-11(13)7-9/h1-10,13-28,31,39,43H,11-12,29-30H2;1-22,31H;3-6,9,11,13H,1-2,7-8H2. The fourth-order valence-electron chi connectivity index (χ4n) is 14.8. The number of hydrogen-bond acceptors (Lipinski definition) is 2. The van der Waals surface area contributed by atoms with Crippen LogP contribution in [0, 0.1) is 23.7 Å². The molecule has 89 heavy (non-hydrogen) atoms. The lowest BCUT2D eigenvalue weighted by atomic mass is 9.83. The van der Waals surface area contributed by atoms with Gasteiger partial charge >= 0.3 is 0 Å². The molecule has 4 aliphatic rings. The zero-order valence-electron chi connectivity index (χ0n) is 50.5. The molecule has 0 saturated heterocycles. The van der Waals surface area contributed by atoms with E-state index in [2.05, 4.69) is 301 Å². The Balaban J connectivity index is 0.000000133. The SMILES string of the molecule is Clc1ccc(C2CC3CCC2C3)cc1.c1ccc(-c2ccc(-c3ccc(N(c4ccc(-c5ccccc5)cc4)c4ccc(C5CC6CCC5C6)cc4)cc3)cc2)cc1.c1ccc(-c2ccc(Nc3ccc(-c4ccc(-c5ccccc5)cc4)cc3)cc2)cc1. The van der Waals surface area contributed by atoms with Gasteiger partial charge in [0.05, 0.1) is 0 Å². The Bertz CT molecular complexity index is 4170. The summed E-state index contributed by atoms with van der Waals surface area (Å²) in [7, 11) is 0. The molecule has 0 aliphatic heterocycles. The summed E-state index contributed by atoms with van der Waals surface area (Å²) in [5.41, 5.74) is 23.5. The highest BCUT2D eigenvalue weighted by Gasteiger charge is 2.41. The van der Waals surface area contributed by atoms with Gasteiger partial charge in [-0.15, -0.1) is 0 Å². The van der Waals surface area contributed by atoms with E-state index >= 15 is 0 Å². The zero-order chi connectivity index (χ0) is 59.7. The zero-order valence-corrected chi connectivity index (χ0v) is 51.2. The van der Waals surface area contributed by atoms with Gasteiger partial charge in [0.1, 0.15) is 0 Å². The number of hydrogen-bond donors (Lipinski definition) is 1. The van der Waals surface area contributed by atoms with Crippen LogP contribution < -0.4 is 10.2 Å². The molecule has 0 heterocycles. The maximum absolute atomic E-state index is 5.90. The quantitative estimate of drug-likeness (QED) is 0.124. The van der Waals surface area contributed by atoms with Gasteiger partial charge in [0.15, 0.2) is 0 Å². The molecule has 0 aromatic heterocycles. The van der Waals surface area contributed by atoms with Crippen LogP contribution in [-0.2, 0) is 0 Å². The van der Waals surface area contributed by atoms with Crippen LogP contribution in [0.1, 0.15) is 74.3 Å². The molecule has 436 valence electrons. The van der Waals surface area contributed by atoms with Crippen molar-refractivity contribution in [3.63, 3.8) is 0 Å². The molecule has 0 spiro atoms. The van der Waals surface area contributed by atoms with Crippen LogP contribution in [0.25, 0.3) is 66.8 Å². The van der Waals surface area contributed by atoms with Gasteiger partial charge in [-0.25, -0.2) is 0 Å². The van der Waals surface area contributed by atoms with Crippen LogP contribution in [-0.4, -0.2) is 0 Å². The normalized spacial score (nSPS) is 18.5. The molecule has 4 bridgehead atoms. The van der Waals surface area contributed by atoms with E-state index < -0.39 is 0 Å². The number of halogens is 1. The summed E-state index contributed by atoms with van der Waals surface area (Å²) in [6.07, 6.45) is 11.5. The Kier molecular flexibility index (Phi) is 17.3. The first-order valence-electron chi connectivity index (χ1n) is 32.2. The van der Waals surface area contributed by atoms with Crippen molar-refractivity contribution in [2.45, 2.75) is 63.2 Å². The number of anilines is 5. The average molecular weight is 1170 g/mol. The summed E-state index contributed by atoms with van der Waals surface area (Å²) in [6, 6.07) is 113. The Morgan fingerprint density at radius 2 is 0.494 bits per heavy atom. The van der Waals surface area contributed by atoms with E-state index in [-0.39, 0.29) is 0 Å². The Morgan fingerprint density at radius 3 is 0.764 bits per heavy atom. The molecule has 6 atom stereocenters. The van der Waals surface area contributed by atoms with Gasteiger partial charge in [0, 0.05) is 33.5 Å². The predicted octanol–water partition coefficient (Wildman–Crippen LogP) is 24.7. The van der Waals surface area contributed by atoms with Crippen molar-refractivity contribution in [1.29, 1.82) is 0 Å². The van der Waals surface area contributed by atoms with Crippen LogP contribution in [0.5, 0.6) is 0 Å². The minimum Gasteiger partial charge on any atom is -0.356 e. The minimum atomic E-state index is 0.744. The van der Waals surface area contributed by atoms with Crippen molar-refractivity contribution < 1.29 is 0 Å². The van der Waals surface area contributed by atoms with Crippen LogP contribution in [0.3, 0.4) is 0 Å². The summed E-state index contributed by atoms with van der Waals surface area (Å²) in [6.45, 7) is 0. The molecule has 12 aromatic carbocycles. The van der Waals surface area contributed by atoms with E-state index in [1.165, 1.54) is 135 Å². The van der Waals surface area contributed by atoms with Gasteiger partial charge in [-0.3, -0.25) is 0 Å². The minimum absolute atomic E-state index is 0.744. The highest BCUT2D eigenvalue weighted by molar-refractivity contribution is 6.30. The van der Waals surface area contributed by atoms with Gasteiger partial charge in [-0.1, -0.05) is 267 Å². The molecule has 1 N–H and O–H groups in total. The Hall–Kier alpha value is -9.47. The van der Waals surface area contributed by atoms with Gasteiger partial charge in [0.25, 0.3) is 0 Å². The van der Waals surface area contributed by atoms with Gasteiger partial charge in [-0.05, 0) is 225 Å². The van der Waals surface area contributed by atoms with E-state index in [1.54, 1.807) is 0 Å². The number of nitrogens with one attached hydrogen (secondary N) is 1. The molecule has 6 unspecified atom stereocenters. The van der Waals surface area contributed by atoms with E-state index in [1.807, 2.05) is 24.3 Å². The third-order valence-corrected chi connectivity index (χ3v) is 19.8. The second-order valence-corrected chi connectivity index (χ2v) is 25.5. The number of fused-ring (bicyclic) bond motifs is 4. The molecular weight excluding hydrogens is 1100 g/mol. The smallest absolute Gasteiger partial charge is 0.0462 e. The first kappa shape index (κ1) is 57.3. The fourth-order valence-corrected chi connectivity index (χ4v) is 15.0. The lowest BCUT2D eigenvalue weighted by Gasteiger charge is -2.27. The maximum atomic E-state index is 5.90. The molecular formula is C86H75ClN2. The van der Waals surface area contributed by atoms with Gasteiger partial charge < -0.3 is 10.2 Å². The number of benzene rings is 12. The first-order valence-corrected chi connectivity index (χ1v) is 32.6.